The lowest BCUT2D eigenvalue weighted by atomic mass is 10.2. The first kappa shape index (κ1) is 11.5. The number of pyridine rings is 1. The summed E-state index contributed by atoms with van der Waals surface area (Å²) in [4.78, 5) is 15.8. The van der Waals surface area contributed by atoms with Gasteiger partial charge in [-0.05, 0) is 29.8 Å². The molecule has 3 aromatic rings. The van der Waals surface area contributed by atoms with Gasteiger partial charge in [-0.2, -0.15) is 0 Å². The van der Waals surface area contributed by atoms with Crippen LogP contribution in [-0.2, 0) is 6.54 Å². The van der Waals surface area contributed by atoms with Gasteiger partial charge in [0.25, 0.3) is 0 Å². The number of rotatable bonds is 2. The SMILES string of the molecule is Nc1ccc(Cn2c(=O)oc3cccnc32)cc1F. The van der Waals surface area contributed by atoms with Gasteiger partial charge in [0.1, 0.15) is 5.82 Å². The van der Waals surface area contributed by atoms with Crippen LogP contribution in [0.25, 0.3) is 11.2 Å². The summed E-state index contributed by atoms with van der Waals surface area (Å²) in [6.07, 6.45) is 1.57. The van der Waals surface area contributed by atoms with Crippen molar-refractivity contribution in [3.63, 3.8) is 0 Å². The highest BCUT2D eigenvalue weighted by molar-refractivity contribution is 5.67. The summed E-state index contributed by atoms with van der Waals surface area (Å²) in [6.45, 7) is 0.181. The van der Waals surface area contributed by atoms with Gasteiger partial charge in [0.15, 0.2) is 11.2 Å². The van der Waals surface area contributed by atoms with E-state index in [1.165, 1.54) is 16.7 Å². The number of hydrogen-bond donors (Lipinski definition) is 1. The predicted octanol–water partition coefficient (Wildman–Crippen LogP) is 1.76. The maximum absolute atomic E-state index is 13.4. The van der Waals surface area contributed by atoms with Gasteiger partial charge in [0.2, 0.25) is 0 Å². The fraction of sp³-hybridized carbons (Fsp3) is 0.0769. The molecule has 2 aromatic heterocycles. The van der Waals surface area contributed by atoms with Gasteiger partial charge < -0.3 is 10.2 Å². The number of nitrogens with zero attached hydrogens (tertiary/aromatic N) is 2. The second-order valence-corrected chi connectivity index (χ2v) is 4.14. The Morgan fingerprint density at radius 3 is 3.00 bits per heavy atom. The predicted molar refractivity (Wildman–Crippen MR) is 68.2 cm³/mol. The Kier molecular flexibility index (Phi) is 2.56. The number of aromatic nitrogens is 2. The van der Waals surface area contributed by atoms with Crippen LogP contribution < -0.4 is 11.5 Å². The molecule has 6 heteroatoms. The molecule has 2 N–H and O–H groups in total. The third-order valence-corrected chi connectivity index (χ3v) is 2.83. The average molecular weight is 259 g/mol. The van der Waals surface area contributed by atoms with E-state index in [1.54, 1.807) is 24.4 Å². The number of benzene rings is 1. The molecule has 0 amide bonds. The molecule has 0 aliphatic heterocycles. The van der Waals surface area contributed by atoms with Crippen molar-refractivity contribution < 1.29 is 8.81 Å². The van der Waals surface area contributed by atoms with E-state index in [2.05, 4.69) is 4.98 Å². The molecule has 0 saturated heterocycles. The molecule has 0 fully saturated rings. The molecule has 0 saturated carbocycles. The van der Waals surface area contributed by atoms with E-state index in [0.717, 1.165) is 0 Å². The van der Waals surface area contributed by atoms with Gasteiger partial charge in [-0.3, -0.25) is 4.57 Å². The molecule has 3 rings (SSSR count). The molecule has 0 aliphatic rings. The van der Waals surface area contributed by atoms with Gasteiger partial charge in [-0.1, -0.05) is 6.07 Å². The highest BCUT2D eigenvalue weighted by Crippen LogP contribution is 2.15. The van der Waals surface area contributed by atoms with E-state index in [9.17, 15) is 9.18 Å². The number of nitrogen functional groups attached to an aromatic ring is 1. The van der Waals surface area contributed by atoms with Crippen molar-refractivity contribution in [2.75, 3.05) is 5.73 Å². The standard InChI is InChI=1S/C13H10FN3O2/c14-9-6-8(3-4-10(9)15)7-17-12-11(19-13(17)18)2-1-5-16-12/h1-6H,7,15H2. The molecule has 96 valence electrons. The maximum atomic E-state index is 13.4. The van der Waals surface area contributed by atoms with E-state index in [0.29, 0.717) is 16.8 Å². The molecule has 0 radical (unpaired) electrons. The van der Waals surface area contributed by atoms with Crippen LogP contribution in [-0.4, -0.2) is 9.55 Å². The zero-order chi connectivity index (χ0) is 13.4. The lowest BCUT2D eigenvalue weighted by Gasteiger charge is -2.03. The lowest BCUT2D eigenvalue weighted by molar-refractivity contribution is 0.517. The van der Waals surface area contributed by atoms with E-state index in [-0.39, 0.29) is 12.2 Å². The molecule has 1 aromatic carbocycles. The zero-order valence-corrected chi connectivity index (χ0v) is 9.84. The van der Waals surface area contributed by atoms with Crippen LogP contribution in [0.15, 0.2) is 45.7 Å². The summed E-state index contributed by atoms with van der Waals surface area (Å²) >= 11 is 0. The average Bonchev–Trinajstić information content (AvgIpc) is 2.71. The van der Waals surface area contributed by atoms with Gasteiger partial charge in [-0.25, -0.2) is 14.2 Å². The van der Waals surface area contributed by atoms with Crippen LogP contribution in [0, 0.1) is 5.82 Å². The third-order valence-electron chi connectivity index (χ3n) is 2.83. The fourth-order valence-corrected chi connectivity index (χ4v) is 1.89. The largest absolute Gasteiger partial charge is 0.421 e. The minimum Gasteiger partial charge on any atom is -0.406 e. The number of fused-ring (bicyclic) bond motifs is 1. The van der Waals surface area contributed by atoms with Crippen LogP contribution in [0.3, 0.4) is 0 Å². The lowest BCUT2D eigenvalue weighted by Crippen LogP contribution is -2.15. The Balaban J connectivity index is 2.08. The van der Waals surface area contributed by atoms with Crippen molar-refractivity contribution in [3.8, 4) is 0 Å². The number of oxazole rings is 1. The van der Waals surface area contributed by atoms with E-state index < -0.39 is 11.6 Å². The summed E-state index contributed by atoms with van der Waals surface area (Å²) < 4.78 is 19.8. The number of anilines is 1. The quantitative estimate of drug-likeness (QED) is 0.711. The first-order valence-corrected chi connectivity index (χ1v) is 5.63. The smallest absolute Gasteiger partial charge is 0.406 e. The molecule has 0 unspecified atom stereocenters. The Morgan fingerprint density at radius 1 is 1.37 bits per heavy atom. The number of halogens is 1. The molecule has 0 spiro atoms. The summed E-state index contributed by atoms with van der Waals surface area (Å²) in [5.41, 5.74) is 6.94. The van der Waals surface area contributed by atoms with Gasteiger partial charge >= 0.3 is 5.76 Å². The first-order valence-electron chi connectivity index (χ1n) is 5.63. The second-order valence-electron chi connectivity index (χ2n) is 4.14. The molecule has 2 heterocycles. The molecule has 0 bridgehead atoms. The van der Waals surface area contributed by atoms with Crippen molar-refractivity contribution >= 4 is 16.9 Å². The number of nitrogens with two attached hydrogens (primary N) is 1. The summed E-state index contributed by atoms with van der Waals surface area (Å²) in [7, 11) is 0. The molecule has 0 atom stereocenters. The van der Waals surface area contributed by atoms with Crippen LogP contribution in [0.2, 0.25) is 0 Å². The molecule has 0 aliphatic carbocycles. The molecular weight excluding hydrogens is 249 g/mol. The van der Waals surface area contributed by atoms with Crippen molar-refractivity contribution in [2.45, 2.75) is 6.54 Å². The van der Waals surface area contributed by atoms with Crippen molar-refractivity contribution in [1.29, 1.82) is 0 Å². The van der Waals surface area contributed by atoms with Crippen LogP contribution >= 0.6 is 0 Å². The normalized spacial score (nSPS) is 11.0. The van der Waals surface area contributed by atoms with Crippen molar-refractivity contribution in [2.24, 2.45) is 0 Å². The maximum Gasteiger partial charge on any atom is 0.421 e. The Labute approximate surface area is 107 Å². The van der Waals surface area contributed by atoms with Crippen LogP contribution in [0.5, 0.6) is 0 Å². The van der Waals surface area contributed by atoms with E-state index >= 15 is 0 Å². The topological polar surface area (TPSA) is 74.0 Å². The Hall–Kier alpha value is -2.63. The van der Waals surface area contributed by atoms with Gasteiger partial charge in [0.05, 0.1) is 12.2 Å². The third kappa shape index (κ3) is 1.97. The second kappa shape index (κ2) is 4.24. The molecule has 19 heavy (non-hydrogen) atoms. The highest BCUT2D eigenvalue weighted by atomic mass is 19.1. The van der Waals surface area contributed by atoms with Gasteiger partial charge in [-0.15, -0.1) is 0 Å². The Morgan fingerprint density at radius 2 is 2.21 bits per heavy atom. The Bertz CT molecular complexity index is 807. The molecule has 5 nitrogen and oxygen atoms in total. The summed E-state index contributed by atoms with van der Waals surface area (Å²) in [5, 5.41) is 0. The van der Waals surface area contributed by atoms with E-state index in [1.807, 2.05) is 0 Å². The monoisotopic (exact) mass is 259 g/mol. The van der Waals surface area contributed by atoms with Crippen molar-refractivity contribution in [3.05, 3.63) is 58.5 Å². The first-order chi connectivity index (χ1) is 9.15. The minimum atomic E-state index is -0.522. The number of hydrogen-bond acceptors (Lipinski definition) is 4. The summed E-state index contributed by atoms with van der Waals surface area (Å²) in [6, 6.07) is 7.75. The zero-order valence-electron chi connectivity index (χ0n) is 9.84. The highest BCUT2D eigenvalue weighted by Gasteiger charge is 2.10. The molecular formula is C13H10FN3O2. The van der Waals surface area contributed by atoms with Crippen LogP contribution in [0.4, 0.5) is 10.1 Å². The summed E-state index contributed by atoms with van der Waals surface area (Å²) in [5.74, 6) is -1.03. The van der Waals surface area contributed by atoms with Crippen molar-refractivity contribution in [1.82, 2.24) is 9.55 Å². The fourth-order valence-electron chi connectivity index (χ4n) is 1.89. The minimum absolute atomic E-state index is 0.0753. The van der Waals surface area contributed by atoms with Gasteiger partial charge in [0, 0.05) is 6.20 Å². The van der Waals surface area contributed by atoms with Crippen LogP contribution in [0.1, 0.15) is 5.56 Å². The van der Waals surface area contributed by atoms with E-state index in [4.69, 9.17) is 10.2 Å².